The molecule has 0 saturated carbocycles. The number of carbonyl (C=O) groups is 1. The number of hydrogen-bond donors (Lipinski definition) is 2. The van der Waals surface area contributed by atoms with Gasteiger partial charge in [0.05, 0.1) is 12.6 Å². The fourth-order valence-corrected chi connectivity index (χ4v) is 2.78. The fraction of sp³-hybridized carbons (Fsp3) is 0.238. The third-order valence-corrected chi connectivity index (χ3v) is 4.15. The second-order valence-corrected chi connectivity index (χ2v) is 6.47. The van der Waals surface area contributed by atoms with E-state index in [9.17, 15) is 9.90 Å². The first kappa shape index (κ1) is 18.8. The van der Waals surface area contributed by atoms with Crippen LogP contribution in [-0.2, 0) is 13.1 Å². The number of aliphatic hydroxyl groups excluding tert-OH is 1. The third-order valence-electron chi connectivity index (χ3n) is 4.15. The summed E-state index contributed by atoms with van der Waals surface area (Å²) >= 11 is 0. The predicted molar refractivity (Wildman–Crippen MR) is 102 cm³/mol. The van der Waals surface area contributed by atoms with Gasteiger partial charge < -0.3 is 14.9 Å². The Bertz CT molecular complexity index is 849. The third kappa shape index (κ3) is 5.51. The van der Waals surface area contributed by atoms with Gasteiger partial charge >= 0.3 is 0 Å². The van der Waals surface area contributed by atoms with Gasteiger partial charge in [0.25, 0.3) is 5.91 Å². The van der Waals surface area contributed by atoms with Crippen LogP contribution in [0, 0.1) is 0 Å². The van der Waals surface area contributed by atoms with Gasteiger partial charge in [-0.3, -0.25) is 9.69 Å². The molecule has 0 spiro atoms. The molecule has 6 heteroatoms. The first-order chi connectivity index (χ1) is 13.1. The van der Waals surface area contributed by atoms with Crippen LogP contribution in [-0.4, -0.2) is 34.7 Å². The van der Waals surface area contributed by atoms with Crippen LogP contribution in [0.1, 0.15) is 33.5 Å². The summed E-state index contributed by atoms with van der Waals surface area (Å²) in [6, 6.07) is 20.9. The monoisotopic (exact) mass is 365 g/mol. The largest absolute Gasteiger partial charge is 0.387 e. The van der Waals surface area contributed by atoms with Gasteiger partial charge in [0.15, 0.2) is 11.5 Å². The van der Waals surface area contributed by atoms with E-state index in [0.29, 0.717) is 12.3 Å². The van der Waals surface area contributed by atoms with Gasteiger partial charge in [0.2, 0.25) is 0 Å². The number of aliphatic hydroxyl groups is 1. The second-order valence-electron chi connectivity index (χ2n) is 6.47. The van der Waals surface area contributed by atoms with E-state index in [4.69, 9.17) is 4.52 Å². The number of nitrogens with zero attached hydrogens (tertiary/aromatic N) is 2. The lowest BCUT2D eigenvalue weighted by atomic mass is 10.1. The number of benzene rings is 2. The van der Waals surface area contributed by atoms with E-state index in [1.807, 2.05) is 55.6 Å². The van der Waals surface area contributed by atoms with Crippen molar-refractivity contribution < 1.29 is 14.4 Å². The molecule has 0 saturated heterocycles. The molecule has 3 rings (SSSR count). The van der Waals surface area contributed by atoms with Gasteiger partial charge in [-0.15, -0.1) is 0 Å². The molecule has 2 aromatic carbocycles. The van der Waals surface area contributed by atoms with Crippen LogP contribution in [0.15, 0.2) is 71.3 Å². The van der Waals surface area contributed by atoms with Crippen LogP contribution in [0.2, 0.25) is 0 Å². The lowest BCUT2D eigenvalue weighted by molar-refractivity contribution is 0.0907. The van der Waals surface area contributed by atoms with Crippen LogP contribution in [0.3, 0.4) is 0 Å². The molecule has 1 amide bonds. The number of nitrogens with one attached hydrogen (secondary N) is 1. The van der Waals surface area contributed by atoms with Crippen molar-refractivity contribution in [2.45, 2.75) is 19.2 Å². The molecule has 0 unspecified atom stereocenters. The molecule has 1 atom stereocenters. The summed E-state index contributed by atoms with van der Waals surface area (Å²) in [4.78, 5) is 14.3. The number of hydrogen-bond acceptors (Lipinski definition) is 5. The van der Waals surface area contributed by atoms with E-state index in [2.05, 4.69) is 27.5 Å². The minimum absolute atomic E-state index is 0.110. The molecule has 0 radical (unpaired) electrons. The molecule has 1 aromatic heterocycles. The summed E-state index contributed by atoms with van der Waals surface area (Å²) in [5.41, 5.74) is 2.16. The maximum atomic E-state index is 12.2. The van der Waals surface area contributed by atoms with Crippen molar-refractivity contribution in [3.63, 3.8) is 0 Å². The van der Waals surface area contributed by atoms with Crippen molar-refractivity contribution >= 4 is 5.91 Å². The smallest absolute Gasteiger partial charge is 0.273 e. The van der Waals surface area contributed by atoms with Crippen LogP contribution >= 0.6 is 0 Å². The van der Waals surface area contributed by atoms with Crippen molar-refractivity contribution in [2.75, 3.05) is 13.6 Å². The first-order valence-electron chi connectivity index (χ1n) is 8.81. The minimum atomic E-state index is -0.765. The SMILES string of the molecule is CN(Cc1ccccc1)Cc1cc(C(=O)NC[C@@H](O)c2ccccc2)no1. The topological polar surface area (TPSA) is 78.6 Å². The van der Waals surface area contributed by atoms with E-state index in [1.54, 1.807) is 6.07 Å². The molecule has 27 heavy (non-hydrogen) atoms. The van der Waals surface area contributed by atoms with Gasteiger partial charge in [0.1, 0.15) is 0 Å². The van der Waals surface area contributed by atoms with Crippen molar-refractivity contribution in [2.24, 2.45) is 0 Å². The Hall–Kier alpha value is -2.96. The fourth-order valence-electron chi connectivity index (χ4n) is 2.78. The highest BCUT2D eigenvalue weighted by atomic mass is 16.5. The Morgan fingerprint density at radius 3 is 2.48 bits per heavy atom. The van der Waals surface area contributed by atoms with Crippen LogP contribution in [0.4, 0.5) is 0 Å². The highest BCUT2D eigenvalue weighted by Gasteiger charge is 2.15. The Morgan fingerprint density at radius 2 is 1.78 bits per heavy atom. The summed E-state index contributed by atoms with van der Waals surface area (Å²) in [6.45, 7) is 1.42. The van der Waals surface area contributed by atoms with E-state index in [-0.39, 0.29) is 18.1 Å². The Labute approximate surface area is 158 Å². The molecule has 0 aliphatic rings. The first-order valence-corrected chi connectivity index (χ1v) is 8.81. The summed E-state index contributed by atoms with van der Waals surface area (Å²) in [7, 11) is 1.98. The van der Waals surface area contributed by atoms with E-state index >= 15 is 0 Å². The van der Waals surface area contributed by atoms with Gasteiger partial charge in [-0.25, -0.2) is 0 Å². The zero-order chi connectivity index (χ0) is 19.1. The predicted octanol–water partition coefficient (Wildman–Crippen LogP) is 2.77. The minimum Gasteiger partial charge on any atom is -0.387 e. The average Bonchev–Trinajstić information content (AvgIpc) is 3.15. The number of rotatable bonds is 8. The van der Waals surface area contributed by atoms with Crippen molar-refractivity contribution in [3.8, 4) is 0 Å². The molecule has 140 valence electrons. The van der Waals surface area contributed by atoms with Crippen molar-refractivity contribution in [1.29, 1.82) is 0 Å². The Kier molecular flexibility index (Phi) is 6.35. The van der Waals surface area contributed by atoms with E-state index in [1.165, 1.54) is 5.56 Å². The number of aromatic nitrogens is 1. The van der Waals surface area contributed by atoms with Gasteiger partial charge in [-0.1, -0.05) is 65.8 Å². The Morgan fingerprint density at radius 1 is 1.11 bits per heavy atom. The van der Waals surface area contributed by atoms with Crippen LogP contribution < -0.4 is 5.32 Å². The normalized spacial score (nSPS) is 12.1. The summed E-state index contributed by atoms with van der Waals surface area (Å²) < 4.78 is 5.27. The van der Waals surface area contributed by atoms with Crippen LogP contribution in [0.5, 0.6) is 0 Å². The van der Waals surface area contributed by atoms with Gasteiger partial charge in [0, 0.05) is 19.2 Å². The Balaban J connectivity index is 1.50. The molecule has 0 aliphatic carbocycles. The standard InChI is InChI=1S/C21H23N3O3/c1-24(14-16-8-4-2-5-9-16)15-18-12-19(23-27-18)21(26)22-13-20(25)17-10-6-3-7-11-17/h2-12,20,25H,13-15H2,1H3,(H,22,26)/t20-/m1/s1. The van der Waals surface area contributed by atoms with Gasteiger partial charge in [-0.2, -0.15) is 0 Å². The van der Waals surface area contributed by atoms with Gasteiger partial charge in [-0.05, 0) is 18.2 Å². The summed E-state index contributed by atoms with van der Waals surface area (Å²) in [6.07, 6.45) is -0.765. The lowest BCUT2D eigenvalue weighted by Gasteiger charge is -2.14. The maximum Gasteiger partial charge on any atom is 0.273 e. The quantitative estimate of drug-likeness (QED) is 0.642. The zero-order valence-corrected chi connectivity index (χ0v) is 15.2. The van der Waals surface area contributed by atoms with Crippen LogP contribution in [0.25, 0.3) is 0 Å². The molecular weight excluding hydrogens is 342 g/mol. The molecular formula is C21H23N3O3. The molecule has 6 nitrogen and oxygen atoms in total. The average molecular weight is 365 g/mol. The number of amides is 1. The molecule has 2 N–H and O–H groups in total. The van der Waals surface area contributed by atoms with E-state index in [0.717, 1.165) is 12.1 Å². The second kappa shape index (κ2) is 9.12. The molecule has 0 bridgehead atoms. The molecule has 0 aliphatic heterocycles. The highest BCUT2D eigenvalue weighted by molar-refractivity contribution is 5.92. The lowest BCUT2D eigenvalue weighted by Crippen LogP contribution is -2.28. The van der Waals surface area contributed by atoms with Crippen molar-refractivity contribution in [3.05, 3.63) is 89.3 Å². The molecule has 1 heterocycles. The zero-order valence-electron chi connectivity index (χ0n) is 15.2. The molecule has 0 fully saturated rings. The highest BCUT2D eigenvalue weighted by Crippen LogP contribution is 2.12. The summed E-state index contributed by atoms with van der Waals surface area (Å²) in [5, 5.41) is 16.6. The maximum absolute atomic E-state index is 12.2. The number of carbonyl (C=O) groups excluding carboxylic acids is 1. The van der Waals surface area contributed by atoms with Crippen molar-refractivity contribution in [1.82, 2.24) is 15.4 Å². The molecule has 3 aromatic rings. The summed E-state index contributed by atoms with van der Waals surface area (Å²) in [5.74, 6) is 0.243. The van der Waals surface area contributed by atoms with E-state index < -0.39 is 6.10 Å².